The van der Waals surface area contributed by atoms with Gasteiger partial charge in [0.2, 0.25) is 0 Å². The van der Waals surface area contributed by atoms with Crippen LogP contribution in [-0.4, -0.2) is 64.9 Å². The number of benzene rings is 1. The Hall–Kier alpha value is -2.64. The predicted molar refractivity (Wildman–Crippen MR) is 107 cm³/mol. The van der Waals surface area contributed by atoms with Gasteiger partial charge in [-0.05, 0) is 19.8 Å². The van der Waals surface area contributed by atoms with Crippen molar-refractivity contribution >= 4 is 11.9 Å². The van der Waals surface area contributed by atoms with E-state index < -0.39 is 0 Å². The van der Waals surface area contributed by atoms with Gasteiger partial charge in [-0.1, -0.05) is 0 Å². The molecular formula is C20H31N3O5. The van der Waals surface area contributed by atoms with Crippen LogP contribution in [0, 0.1) is 5.92 Å². The average Bonchev–Trinajstić information content (AvgIpc) is 2.75. The smallest absolute Gasteiger partial charge is 0.308 e. The minimum Gasteiger partial charge on any atom is -0.496 e. The summed E-state index contributed by atoms with van der Waals surface area (Å²) in [5.41, 5.74) is 0.852. The summed E-state index contributed by atoms with van der Waals surface area (Å²) >= 11 is 0. The van der Waals surface area contributed by atoms with E-state index in [4.69, 9.17) is 23.9 Å². The number of piperidine rings is 1. The van der Waals surface area contributed by atoms with E-state index in [-0.39, 0.29) is 11.9 Å². The summed E-state index contributed by atoms with van der Waals surface area (Å²) in [5.74, 6) is 2.64. The first-order chi connectivity index (χ1) is 13.6. The third-order valence-electron chi connectivity index (χ3n) is 4.87. The fourth-order valence-electron chi connectivity index (χ4n) is 3.31. The van der Waals surface area contributed by atoms with E-state index in [9.17, 15) is 4.79 Å². The summed E-state index contributed by atoms with van der Waals surface area (Å²) in [7, 11) is 6.28. The Kier molecular flexibility index (Phi) is 8.22. The van der Waals surface area contributed by atoms with E-state index in [1.54, 1.807) is 21.3 Å². The molecule has 1 aliphatic heterocycles. The van der Waals surface area contributed by atoms with E-state index in [0.717, 1.165) is 44.0 Å². The molecule has 0 aromatic heterocycles. The van der Waals surface area contributed by atoms with Crippen molar-refractivity contribution in [2.75, 3.05) is 48.1 Å². The van der Waals surface area contributed by atoms with E-state index >= 15 is 0 Å². The zero-order valence-corrected chi connectivity index (χ0v) is 17.4. The zero-order chi connectivity index (χ0) is 20.5. The number of rotatable bonds is 7. The van der Waals surface area contributed by atoms with Crippen molar-refractivity contribution in [1.29, 1.82) is 0 Å². The Bertz CT molecular complexity index is 659. The number of hydrogen-bond donors (Lipinski definition) is 1. The first-order valence-electron chi connectivity index (χ1n) is 9.47. The second kappa shape index (κ2) is 10.6. The molecule has 8 nitrogen and oxygen atoms in total. The molecule has 0 radical (unpaired) electrons. The number of carbonyl (C=O) groups is 1. The summed E-state index contributed by atoms with van der Waals surface area (Å²) in [6.07, 6.45) is 1.51. The molecule has 28 heavy (non-hydrogen) atoms. The molecule has 0 saturated carbocycles. The molecule has 1 heterocycles. The van der Waals surface area contributed by atoms with Crippen LogP contribution in [-0.2, 0) is 16.1 Å². The van der Waals surface area contributed by atoms with Crippen LogP contribution in [0.25, 0.3) is 0 Å². The number of hydrogen-bond acceptors (Lipinski definition) is 6. The lowest BCUT2D eigenvalue weighted by atomic mass is 9.97. The standard InChI is InChI=1S/C20H31N3O5/c1-6-21-20(23-9-7-14(8-10-23)19(24)28-5)22-13-16-17(26-3)11-15(25-2)12-18(16)27-4/h11-12,14H,6-10,13H2,1-5H3,(H,21,22). The molecule has 1 aromatic rings. The van der Waals surface area contributed by atoms with E-state index in [1.807, 2.05) is 19.1 Å². The lowest BCUT2D eigenvalue weighted by Crippen LogP contribution is -2.46. The lowest BCUT2D eigenvalue weighted by Gasteiger charge is -2.33. The molecule has 0 unspecified atom stereocenters. The van der Waals surface area contributed by atoms with Crippen LogP contribution in [0.15, 0.2) is 17.1 Å². The number of methoxy groups -OCH3 is 4. The van der Waals surface area contributed by atoms with Gasteiger partial charge in [0.1, 0.15) is 17.2 Å². The highest BCUT2D eigenvalue weighted by Gasteiger charge is 2.27. The molecule has 0 aliphatic carbocycles. The molecule has 1 saturated heterocycles. The molecule has 0 amide bonds. The Morgan fingerprint density at radius 1 is 1.11 bits per heavy atom. The molecule has 1 aliphatic rings. The van der Waals surface area contributed by atoms with Crippen molar-refractivity contribution in [3.63, 3.8) is 0 Å². The van der Waals surface area contributed by atoms with Crippen molar-refractivity contribution in [1.82, 2.24) is 10.2 Å². The van der Waals surface area contributed by atoms with Crippen LogP contribution in [0.1, 0.15) is 25.3 Å². The average molecular weight is 393 g/mol. The highest BCUT2D eigenvalue weighted by Crippen LogP contribution is 2.34. The number of ether oxygens (including phenoxy) is 4. The van der Waals surface area contributed by atoms with Crippen molar-refractivity contribution in [3.8, 4) is 17.2 Å². The molecule has 2 rings (SSSR count). The van der Waals surface area contributed by atoms with Crippen LogP contribution in [0.4, 0.5) is 0 Å². The molecule has 1 N–H and O–H groups in total. The van der Waals surface area contributed by atoms with E-state index in [0.29, 0.717) is 23.8 Å². The van der Waals surface area contributed by atoms with E-state index in [1.165, 1.54) is 7.11 Å². The lowest BCUT2D eigenvalue weighted by molar-refractivity contribution is -0.146. The van der Waals surface area contributed by atoms with Gasteiger partial charge >= 0.3 is 5.97 Å². The first-order valence-corrected chi connectivity index (χ1v) is 9.47. The normalized spacial score (nSPS) is 15.2. The molecule has 0 atom stereocenters. The van der Waals surface area contributed by atoms with Crippen LogP contribution >= 0.6 is 0 Å². The largest absolute Gasteiger partial charge is 0.496 e. The fraction of sp³-hybridized carbons (Fsp3) is 0.600. The predicted octanol–water partition coefficient (Wildman–Crippen LogP) is 2.06. The van der Waals surface area contributed by atoms with Crippen LogP contribution in [0.2, 0.25) is 0 Å². The Morgan fingerprint density at radius 3 is 2.18 bits per heavy atom. The van der Waals surface area contributed by atoms with Gasteiger partial charge in [0.25, 0.3) is 0 Å². The third-order valence-corrected chi connectivity index (χ3v) is 4.87. The minimum absolute atomic E-state index is 0.0362. The number of esters is 1. The minimum atomic E-state index is -0.130. The molecule has 1 fully saturated rings. The maximum atomic E-state index is 11.7. The number of guanidine groups is 1. The topological polar surface area (TPSA) is 81.6 Å². The maximum absolute atomic E-state index is 11.7. The second-order valence-electron chi connectivity index (χ2n) is 6.47. The Balaban J connectivity index is 2.18. The monoisotopic (exact) mass is 393 g/mol. The number of aliphatic imine (C=N–C) groups is 1. The first kappa shape index (κ1) is 21.7. The molecular weight excluding hydrogens is 362 g/mol. The van der Waals surface area contributed by atoms with Gasteiger partial charge in [-0.25, -0.2) is 4.99 Å². The molecule has 0 bridgehead atoms. The third kappa shape index (κ3) is 5.21. The Labute approximate surface area is 166 Å². The molecule has 8 heteroatoms. The SMILES string of the molecule is CCNC(=NCc1c(OC)cc(OC)cc1OC)N1CCC(C(=O)OC)CC1. The summed E-state index contributed by atoms with van der Waals surface area (Å²) in [6.45, 7) is 4.69. The molecule has 0 spiro atoms. The highest BCUT2D eigenvalue weighted by atomic mass is 16.5. The maximum Gasteiger partial charge on any atom is 0.308 e. The van der Waals surface area contributed by atoms with Gasteiger partial charge in [-0.3, -0.25) is 4.79 Å². The number of nitrogens with one attached hydrogen (secondary N) is 1. The summed E-state index contributed by atoms with van der Waals surface area (Å²) < 4.78 is 21.2. The van der Waals surface area contributed by atoms with Crippen LogP contribution < -0.4 is 19.5 Å². The fourth-order valence-corrected chi connectivity index (χ4v) is 3.31. The van der Waals surface area contributed by atoms with Crippen LogP contribution in [0.5, 0.6) is 17.2 Å². The van der Waals surface area contributed by atoms with Crippen molar-refractivity contribution in [3.05, 3.63) is 17.7 Å². The molecule has 156 valence electrons. The van der Waals surface area contributed by atoms with Crippen molar-refractivity contribution in [2.24, 2.45) is 10.9 Å². The number of carbonyl (C=O) groups excluding carboxylic acids is 1. The summed E-state index contributed by atoms with van der Waals surface area (Å²) in [4.78, 5) is 18.7. The van der Waals surface area contributed by atoms with E-state index in [2.05, 4.69) is 10.2 Å². The van der Waals surface area contributed by atoms with Crippen molar-refractivity contribution in [2.45, 2.75) is 26.3 Å². The van der Waals surface area contributed by atoms with Gasteiger partial charge in [0, 0.05) is 31.8 Å². The van der Waals surface area contributed by atoms with Gasteiger partial charge in [0.15, 0.2) is 5.96 Å². The summed E-state index contributed by atoms with van der Waals surface area (Å²) in [5, 5.41) is 3.33. The van der Waals surface area contributed by atoms with Gasteiger partial charge in [0.05, 0.1) is 46.5 Å². The van der Waals surface area contributed by atoms with Crippen molar-refractivity contribution < 1.29 is 23.7 Å². The second-order valence-corrected chi connectivity index (χ2v) is 6.47. The zero-order valence-electron chi connectivity index (χ0n) is 17.4. The number of nitrogens with zero attached hydrogens (tertiary/aromatic N) is 2. The van der Waals surface area contributed by atoms with Gasteiger partial charge in [-0.15, -0.1) is 0 Å². The van der Waals surface area contributed by atoms with Gasteiger partial charge < -0.3 is 29.2 Å². The molecule has 1 aromatic carbocycles. The highest BCUT2D eigenvalue weighted by molar-refractivity contribution is 5.80. The number of likely N-dealkylation sites (tertiary alicyclic amines) is 1. The van der Waals surface area contributed by atoms with Crippen LogP contribution in [0.3, 0.4) is 0 Å². The Morgan fingerprint density at radius 2 is 1.71 bits per heavy atom. The van der Waals surface area contributed by atoms with Gasteiger partial charge in [-0.2, -0.15) is 0 Å². The summed E-state index contributed by atoms with van der Waals surface area (Å²) in [6, 6.07) is 3.64. The quantitative estimate of drug-likeness (QED) is 0.431.